The summed E-state index contributed by atoms with van der Waals surface area (Å²) in [5.74, 6) is 9.41. The molecule has 0 atom stereocenters. The molecule has 1 aliphatic rings. The van der Waals surface area contributed by atoms with Crippen molar-refractivity contribution >= 4 is 6.72 Å². The first-order valence-corrected chi connectivity index (χ1v) is 4.56. The van der Waals surface area contributed by atoms with Crippen molar-refractivity contribution in [3.63, 3.8) is 0 Å². The van der Waals surface area contributed by atoms with Crippen molar-refractivity contribution in [1.82, 2.24) is 0 Å². The molecule has 4 N–H and O–H groups in total. The Bertz CT molecular complexity index is 175. The van der Waals surface area contributed by atoms with Gasteiger partial charge in [0.2, 0.25) is 5.79 Å². The van der Waals surface area contributed by atoms with E-state index in [-0.39, 0.29) is 6.10 Å². The zero-order valence-corrected chi connectivity index (χ0v) is 8.15. The maximum Gasteiger partial charge on any atom is 0.206 e. The van der Waals surface area contributed by atoms with Gasteiger partial charge in [-0.15, -0.1) is 0 Å². The first kappa shape index (κ1) is 11.5. The molecular weight excluding hydrogens is 186 g/mol. The van der Waals surface area contributed by atoms with Crippen molar-refractivity contribution in [1.29, 1.82) is 0 Å². The molecule has 6 heteroatoms. The van der Waals surface area contributed by atoms with Crippen molar-refractivity contribution in [2.75, 3.05) is 6.73 Å². The van der Waals surface area contributed by atoms with Gasteiger partial charge in [0.05, 0.1) is 6.10 Å². The van der Waals surface area contributed by atoms with Gasteiger partial charge in [0.1, 0.15) is 6.73 Å². The molecule has 82 valence electrons. The molecule has 1 fully saturated rings. The van der Waals surface area contributed by atoms with Crippen molar-refractivity contribution in [3.05, 3.63) is 0 Å². The molecule has 0 bridgehead atoms. The van der Waals surface area contributed by atoms with Gasteiger partial charge in [0.25, 0.3) is 0 Å². The highest BCUT2D eigenvalue weighted by molar-refractivity contribution is 5.22. The second-order valence-corrected chi connectivity index (χ2v) is 3.37. The average molecular weight is 203 g/mol. The van der Waals surface area contributed by atoms with Crippen LogP contribution in [0.5, 0.6) is 0 Å². The minimum atomic E-state index is -0.832. The van der Waals surface area contributed by atoms with E-state index in [4.69, 9.17) is 26.2 Å². The van der Waals surface area contributed by atoms with Crippen molar-refractivity contribution in [3.8, 4) is 0 Å². The van der Waals surface area contributed by atoms with Gasteiger partial charge >= 0.3 is 0 Å². The first-order valence-electron chi connectivity index (χ1n) is 4.56. The molecule has 1 saturated carbocycles. The van der Waals surface area contributed by atoms with Gasteiger partial charge in [-0.25, -0.2) is 11.8 Å². The summed E-state index contributed by atoms with van der Waals surface area (Å²) >= 11 is 0. The highest BCUT2D eigenvalue weighted by Crippen LogP contribution is 2.31. The average Bonchev–Trinajstić information content (AvgIpc) is 2.27. The summed E-state index contributed by atoms with van der Waals surface area (Å²) in [5, 5.41) is 0. The molecule has 0 aromatic rings. The molecule has 1 aliphatic carbocycles. The van der Waals surface area contributed by atoms with Crippen LogP contribution in [-0.2, 0) is 14.4 Å². The largest absolute Gasteiger partial charge is 0.356 e. The second-order valence-electron chi connectivity index (χ2n) is 3.37. The van der Waals surface area contributed by atoms with E-state index >= 15 is 0 Å². The quantitative estimate of drug-likeness (QED) is 0.375. The Morgan fingerprint density at radius 2 is 1.86 bits per heavy atom. The fourth-order valence-electron chi connectivity index (χ4n) is 1.62. The predicted molar refractivity (Wildman–Crippen MR) is 51.0 cm³/mol. The Morgan fingerprint density at radius 3 is 2.29 bits per heavy atom. The van der Waals surface area contributed by atoms with Gasteiger partial charge in [0, 0.05) is 12.8 Å². The SMILES string of the molecule is C=NCOC1CCC(ON)(ON)CC1. The van der Waals surface area contributed by atoms with E-state index in [9.17, 15) is 0 Å². The van der Waals surface area contributed by atoms with Crippen LogP contribution in [0.1, 0.15) is 25.7 Å². The Hall–Kier alpha value is -0.530. The van der Waals surface area contributed by atoms with Crippen LogP contribution in [0.4, 0.5) is 0 Å². The molecule has 0 heterocycles. The van der Waals surface area contributed by atoms with E-state index in [1.54, 1.807) is 0 Å². The summed E-state index contributed by atoms with van der Waals surface area (Å²) in [6, 6.07) is 0. The lowest BCUT2D eigenvalue weighted by Crippen LogP contribution is -2.45. The minimum Gasteiger partial charge on any atom is -0.356 e. The molecular formula is C8H17N3O3. The van der Waals surface area contributed by atoms with E-state index in [0.717, 1.165) is 12.8 Å². The Balaban J connectivity index is 2.32. The highest BCUT2D eigenvalue weighted by atomic mass is 16.8. The summed E-state index contributed by atoms with van der Waals surface area (Å²) in [6.45, 7) is 3.67. The molecule has 0 unspecified atom stereocenters. The maximum absolute atomic E-state index is 5.39. The monoisotopic (exact) mass is 203 g/mol. The van der Waals surface area contributed by atoms with E-state index in [1.807, 2.05) is 0 Å². The number of hydrogen-bond acceptors (Lipinski definition) is 6. The lowest BCUT2D eigenvalue weighted by molar-refractivity contribution is -0.266. The number of rotatable bonds is 5. The molecule has 0 radical (unpaired) electrons. The highest BCUT2D eigenvalue weighted by Gasteiger charge is 2.37. The summed E-state index contributed by atoms with van der Waals surface area (Å²) in [5.41, 5.74) is 0. The molecule has 1 rings (SSSR count). The predicted octanol–water partition coefficient (Wildman–Crippen LogP) is 0.0806. The smallest absolute Gasteiger partial charge is 0.206 e. The van der Waals surface area contributed by atoms with Crippen LogP contribution in [-0.4, -0.2) is 25.3 Å². The van der Waals surface area contributed by atoms with Crippen LogP contribution in [0.3, 0.4) is 0 Å². The third kappa shape index (κ3) is 2.73. The molecule has 0 aromatic carbocycles. The number of ether oxygens (including phenoxy) is 1. The second kappa shape index (κ2) is 5.38. The van der Waals surface area contributed by atoms with Crippen molar-refractivity contribution in [2.24, 2.45) is 16.8 Å². The molecule has 0 aromatic heterocycles. The number of nitrogens with two attached hydrogens (primary N) is 2. The lowest BCUT2D eigenvalue weighted by Gasteiger charge is -2.35. The van der Waals surface area contributed by atoms with Crippen LogP contribution >= 0.6 is 0 Å². The van der Waals surface area contributed by atoms with Crippen LogP contribution in [0.15, 0.2) is 4.99 Å². The van der Waals surface area contributed by atoms with E-state index < -0.39 is 5.79 Å². The molecule has 0 saturated heterocycles. The molecule has 6 nitrogen and oxygen atoms in total. The summed E-state index contributed by atoms with van der Waals surface area (Å²) in [4.78, 5) is 13.1. The Labute approximate surface area is 83.1 Å². The Kier molecular flexibility index (Phi) is 4.43. The topological polar surface area (TPSA) is 92.1 Å². The van der Waals surface area contributed by atoms with Gasteiger partial charge in [-0.05, 0) is 19.6 Å². The van der Waals surface area contributed by atoms with Crippen molar-refractivity contribution < 1.29 is 14.4 Å². The number of hydrogen-bond donors (Lipinski definition) is 2. The molecule has 0 aliphatic heterocycles. The zero-order valence-electron chi connectivity index (χ0n) is 8.15. The minimum absolute atomic E-state index is 0.166. The lowest BCUT2D eigenvalue weighted by atomic mass is 9.92. The third-order valence-electron chi connectivity index (χ3n) is 2.53. The van der Waals surface area contributed by atoms with Crippen LogP contribution in [0.2, 0.25) is 0 Å². The first-order chi connectivity index (χ1) is 6.76. The van der Waals surface area contributed by atoms with Crippen LogP contribution < -0.4 is 11.8 Å². The number of aliphatic imine (C=N–C) groups is 1. The van der Waals surface area contributed by atoms with Crippen LogP contribution in [0, 0.1) is 0 Å². The van der Waals surface area contributed by atoms with Gasteiger partial charge in [0.15, 0.2) is 0 Å². The summed E-state index contributed by atoms with van der Waals surface area (Å²) < 4.78 is 5.39. The zero-order chi connectivity index (χ0) is 10.4. The fourth-order valence-corrected chi connectivity index (χ4v) is 1.62. The van der Waals surface area contributed by atoms with Gasteiger partial charge in [-0.3, -0.25) is 14.7 Å². The Morgan fingerprint density at radius 1 is 1.29 bits per heavy atom. The maximum atomic E-state index is 5.39. The molecule has 0 spiro atoms. The fraction of sp³-hybridized carbons (Fsp3) is 0.875. The van der Waals surface area contributed by atoms with Gasteiger partial charge in [-0.1, -0.05) is 0 Å². The van der Waals surface area contributed by atoms with E-state index in [2.05, 4.69) is 11.7 Å². The van der Waals surface area contributed by atoms with E-state index in [1.165, 1.54) is 0 Å². The molecule has 14 heavy (non-hydrogen) atoms. The number of nitrogens with zero attached hydrogens (tertiary/aromatic N) is 1. The summed E-state index contributed by atoms with van der Waals surface area (Å²) in [7, 11) is 0. The normalized spacial score (nSPS) is 22.1. The summed E-state index contributed by atoms with van der Waals surface area (Å²) in [6.07, 6.45) is 3.01. The third-order valence-corrected chi connectivity index (χ3v) is 2.53. The van der Waals surface area contributed by atoms with Gasteiger partial charge in [-0.2, -0.15) is 0 Å². The van der Waals surface area contributed by atoms with Gasteiger partial charge < -0.3 is 4.74 Å². The van der Waals surface area contributed by atoms with E-state index in [0.29, 0.717) is 19.6 Å². The standard InChI is InChI=1S/C8H17N3O3/c1-11-6-12-7-2-4-8(13-9,14-10)5-3-7/h7H,1-6,9-10H2. The van der Waals surface area contributed by atoms with Crippen LogP contribution in [0.25, 0.3) is 0 Å². The van der Waals surface area contributed by atoms with Crippen molar-refractivity contribution in [2.45, 2.75) is 37.6 Å². The molecule has 0 amide bonds.